The minimum atomic E-state index is -4.65. The average Bonchev–Trinajstić information content (AvgIpc) is 3.87. The van der Waals surface area contributed by atoms with Crippen LogP contribution in [0.3, 0.4) is 0 Å². The van der Waals surface area contributed by atoms with Crippen molar-refractivity contribution < 1.29 is 26.3 Å². The van der Waals surface area contributed by atoms with E-state index in [1.165, 1.54) is 17.7 Å². The van der Waals surface area contributed by atoms with Crippen LogP contribution in [0, 0.1) is 38.7 Å². The Balaban J connectivity index is 1.20. The van der Waals surface area contributed by atoms with Gasteiger partial charge in [-0.3, -0.25) is 0 Å². The highest BCUT2D eigenvalue weighted by atomic mass is 19.4. The van der Waals surface area contributed by atoms with Crippen LogP contribution in [0.4, 0.5) is 32.0 Å². The summed E-state index contributed by atoms with van der Waals surface area (Å²) in [7, 11) is 0. The Kier molecular flexibility index (Phi) is 10.5. The van der Waals surface area contributed by atoms with E-state index in [4.69, 9.17) is 6.57 Å². The van der Waals surface area contributed by atoms with E-state index in [1.807, 2.05) is 84.9 Å². The predicted molar refractivity (Wildman–Crippen MR) is 272 cm³/mol. The Labute approximate surface area is 404 Å². The number of alkyl halides is 6. The average molecular weight is 941 g/mol. The summed E-state index contributed by atoms with van der Waals surface area (Å²) in [5.74, 6) is 0. The Bertz CT molecular complexity index is 4100. The van der Waals surface area contributed by atoms with E-state index in [9.17, 15) is 31.6 Å². The molecule has 71 heavy (non-hydrogen) atoms. The highest BCUT2D eigenvalue weighted by Gasteiger charge is 2.32. The Morgan fingerprint density at radius 1 is 0.437 bits per heavy atom. The topological polar surface area (TPSA) is 38.0 Å². The maximum absolute atomic E-state index is 14.0. The van der Waals surface area contributed by atoms with Gasteiger partial charge in [0.25, 0.3) is 0 Å². The van der Waals surface area contributed by atoms with E-state index < -0.39 is 23.5 Å². The smallest absolute Gasteiger partial charge is 0.309 e. The van der Waals surface area contributed by atoms with Crippen LogP contribution < -0.4 is 0 Å². The third kappa shape index (κ3) is 7.56. The first kappa shape index (κ1) is 44.6. The molecule has 0 unspecified atom stereocenters. The summed E-state index contributed by atoms with van der Waals surface area (Å²) in [6.07, 6.45) is -9.14. The van der Waals surface area contributed by atoms with Gasteiger partial charge in [-0.1, -0.05) is 103 Å². The van der Waals surface area contributed by atoms with Crippen molar-refractivity contribution in [3.63, 3.8) is 0 Å². The molecule has 11 rings (SSSR count). The molecule has 0 aliphatic heterocycles. The van der Waals surface area contributed by atoms with Crippen LogP contribution in [0.25, 0.3) is 104 Å². The van der Waals surface area contributed by atoms with Crippen molar-refractivity contribution >= 4 is 49.3 Å². The van der Waals surface area contributed by atoms with E-state index in [0.717, 1.165) is 95.8 Å². The standard InChI is InChI=1S/C61H38F6N4/c1-35-13-20-44(36(2)27-35)39-15-24-56-50(30-39)47-9-5-7-11-54(47)70(56)57-26-17-41(46-23-19-43(61(65,66)67)33-53(46)69-4)32-52(57)49-21-14-38(34-68)29-59(49)71-55-12-8-6-10-48(55)51-31-40(16-25-58(51)71)45-22-18-42(28-37(45)3)60(62,63)64/h5-33H,1-3H3. The molecule has 9 aromatic carbocycles. The van der Waals surface area contributed by atoms with Gasteiger partial charge in [0, 0.05) is 38.2 Å². The zero-order chi connectivity index (χ0) is 49.5. The van der Waals surface area contributed by atoms with Crippen LogP contribution in [-0.4, -0.2) is 9.13 Å². The molecule has 4 nitrogen and oxygen atoms in total. The second kappa shape index (κ2) is 16.7. The van der Waals surface area contributed by atoms with E-state index in [2.05, 4.69) is 82.4 Å². The van der Waals surface area contributed by atoms with Crippen LogP contribution in [-0.2, 0) is 12.4 Å². The molecule has 10 heteroatoms. The van der Waals surface area contributed by atoms with Gasteiger partial charge in [0.15, 0.2) is 5.69 Å². The van der Waals surface area contributed by atoms with Crippen molar-refractivity contribution in [3.05, 3.63) is 221 Å². The number of fused-ring (bicyclic) bond motifs is 6. The quantitative estimate of drug-likeness (QED) is 0.121. The highest BCUT2D eigenvalue weighted by molar-refractivity contribution is 6.13. The second-order valence-corrected chi connectivity index (χ2v) is 17.9. The Morgan fingerprint density at radius 3 is 1.49 bits per heavy atom. The molecule has 0 radical (unpaired) electrons. The molecule has 0 saturated heterocycles. The molecule has 0 spiro atoms. The van der Waals surface area contributed by atoms with E-state index in [0.29, 0.717) is 44.6 Å². The van der Waals surface area contributed by atoms with Crippen molar-refractivity contribution in [1.82, 2.24) is 9.13 Å². The van der Waals surface area contributed by atoms with Crippen LogP contribution in [0.2, 0.25) is 0 Å². The fourth-order valence-electron chi connectivity index (χ4n) is 10.3. The van der Waals surface area contributed by atoms with Gasteiger partial charge >= 0.3 is 12.4 Å². The number of benzene rings is 9. The largest absolute Gasteiger partial charge is 0.416 e. The summed E-state index contributed by atoms with van der Waals surface area (Å²) in [6, 6.07) is 54.9. The molecule has 0 bridgehead atoms. The highest BCUT2D eigenvalue weighted by Crippen LogP contribution is 2.46. The number of hydrogen-bond acceptors (Lipinski definition) is 1. The number of halogens is 6. The van der Waals surface area contributed by atoms with Gasteiger partial charge in [0.1, 0.15) is 0 Å². The second-order valence-electron chi connectivity index (χ2n) is 17.9. The first-order valence-electron chi connectivity index (χ1n) is 22.7. The SMILES string of the molecule is [C-]#[N+]c1cc(C(F)(F)F)ccc1-c1ccc(-n2c3ccccc3c3cc(-c4ccc(C)cc4C)ccc32)c(-c2ccc(C#N)cc2-n2c3ccccc3c3cc(-c4ccc(C(F)(F)F)cc4C)ccc32)c1. The van der Waals surface area contributed by atoms with Gasteiger partial charge in [-0.15, -0.1) is 0 Å². The number of nitriles is 1. The first-order valence-corrected chi connectivity index (χ1v) is 22.7. The van der Waals surface area contributed by atoms with Crippen LogP contribution >= 0.6 is 0 Å². The van der Waals surface area contributed by atoms with Crippen LogP contribution in [0.1, 0.15) is 33.4 Å². The lowest BCUT2D eigenvalue weighted by Crippen LogP contribution is -2.05. The molecule has 0 fully saturated rings. The van der Waals surface area contributed by atoms with Gasteiger partial charge in [-0.25, -0.2) is 4.85 Å². The van der Waals surface area contributed by atoms with Gasteiger partial charge in [-0.05, 0) is 144 Å². The summed E-state index contributed by atoms with van der Waals surface area (Å²) in [6.45, 7) is 13.8. The van der Waals surface area contributed by atoms with Crippen molar-refractivity contribution in [1.29, 1.82) is 5.26 Å². The molecule has 0 N–H and O–H groups in total. The summed E-state index contributed by atoms with van der Waals surface area (Å²) in [5.41, 5.74) is 11.8. The maximum atomic E-state index is 14.0. The molecule has 0 amide bonds. The molecule has 344 valence electrons. The van der Waals surface area contributed by atoms with Crippen LogP contribution in [0.5, 0.6) is 0 Å². The summed E-state index contributed by atoms with van der Waals surface area (Å²) < 4.78 is 87.5. The Hall–Kier alpha value is -8.86. The molecule has 0 atom stereocenters. The molecule has 0 aliphatic carbocycles. The molecule has 0 aliphatic rings. The fraction of sp³-hybridized carbons (Fsp3) is 0.0820. The maximum Gasteiger partial charge on any atom is 0.416 e. The van der Waals surface area contributed by atoms with Gasteiger partial charge in [0.05, 0.1) is 57.2 Å². The summed E-state index contributed by atoms with van der Waals surface area (Å²) in [4.78, 5) is 3.57. The zero-order valence-corrected chi connectivity index (χ0v) is 38.3. The molecule has 11 aromatic rings. The number of nitrogens with zero attached hydrogens (tertiary/aromatic N) is 4. The minimum Gasteiger partial charge on any atom is -0.309 e. The summed E-state index contributed by atoms with van der Waals surface area (Å²) >= 11 is 0. The van der Waals surface area contributed by atoms with Crippen LogP contribution in [0.15, 0.2) is 176 Å². The molecule has 0 saturated carbocycles. The lowest BCUT2D eigenvalue weighted by Gasteiger charge is -2.20. The third-order valence-corrected chi connectivity index (χ3v) is 13.6. The predicted octanol–water partition coefficient (Wildman–Crippen LogP) is 17.9. The van der Waals surface area contributed by atoms with E-state index in [1.54, 1.807) is 13.0 Å². The van der Waals surface area contributed by atoms with Crippen molar-refractivity contribution in [2.75, 3.05) is 0 Å². The zero-order valence-electron chi connectivity index (χ0n) is 38.3. The minimum absolute atomic E-state index is 0.157. The molecular weight excluding hydrogens is 903 g/mol. The van der Waals surface area contributed by atoms with Crippen molar-refractivity contribution in [2.24, 2.45) is 0 Å². The third-order valence-electron chi connectivity index (χ3n) is 13.6. The summed E-state index contributed by atoms with van der Waals surface area (Å²) in [5, 5.41) is 14.2. The Morgan fingerprint density at radius 2 is 0.930 bits per heavy atom. The lowest BCUT2D eigenvalue weighted by atomic mass is 9.93. The normalized spacial score (nSPS) is 12.0. The number of para-hydroxylation sites is 2. The lowest BCUT2D eigenvalue weighted by molar-refractivity contribution is -0.138. The van der Waals surface area contributed by atoms with Gasteiger partial charge < -0.3 is 9.13 Å². The molecule has 2 aromatic heterocycles. The molecular formula is C61H38F6N4. The number of aromatic nitrogens is 2. The first-order chi connectivity index (χ1) is 34.1. The van der Waals surface area contributed by atoms with Crippen molar-refractivity contribution in [3.8, 4) is 62.0 Å². The van der Waals surface area contributed by atoms with E-state index in [-0.39, 0.29) is 5.69 Å². The van der Waals surface area contributed by atoms with Gasteiger partial charge in [-0.2, -0.15) is 31.6 Å². The van der Waals surface area contributed by atoms with Crippen molar-refractivity contribution in [2.45, 2.75) is 33.1 Å². The number of hydrogen-bond donors (Lipinski definition) is 0. The van der Waals surface area contributed by atoms with E-state index >= 15 is 0 Å². The molecule has 2 heterocycles. The number of rotatable bonds is 6. The monoisotopic (exact) mass is 940 g/mol. The van der Waals surface area contributed by atoms with Gasteiger partial charge in [0.2, 0.25) is 0 Å². The number of aryl methyl sites for hydroxylation is 3. The fourth-order valence-corrected chi connectivity index (χ4v) is 10.3.